The van der Waals surface area contributed by atoms with Crippen molar-refractivity contribution in [3.05, 3.63) is 82.2 Å². The zero-order valence-electron chi connectivity index (χ0n) is 21.1. The molecular weight excluding hydrogens is 484 g/mol. The maximum absolute atomic E-state index is 12.3. The van der Waals surface area contributed by atoms with Crippen molar-refractivity contribution in [1.82, 2.24) is 14.9 Å². The third-order valence-electron chi connectivity index (χ3n) is 6.06. The first-order valence-electron chi connectivity index (χ1n) is 12.4. The van der Waals surface area contributed by atoms with Crippen molar-refractivity contribution in [2.24, 2.45) is 0 Å². The van der Waals surface area contributed by atoms with Crippen LogP contribution in [0.3, 0.4) is 0 Å². The van der Waals surface area contributed by atoms with Crippen molar-refractivity contribution in [2.45, 2.75) is 33.1 Å². The Morgan fingerprint density at radius 3 is 2.54 bits per heavy atom. The average molecular weight is 515 g/mol. The second-order valence-electron chi connectivity index (χ2n) is 8.55. The van der Waals surface area contributed by atoms with Crippen LogP contribution in [-0.2, 0) is 17.6 Å². The number of carbonyl (C=O) groups is 1. The normalized spacial score (nSPS) is 11.0. The van der Waals surface area contributed by atoms with Gasteiger partial charge < -0.3 is 14.4 Å². The lowest BCUT2D eigenvalue weighted by atomic mass is 10.1. The molecule has 190 valence electrons. The zero-order valence-corrected chi connectivity index (χ0v) is 22.0. The number of hydrogen-bond donors (Lipinski definition) is 0. The Morgan fingerprint density at radius 2 is 1.84 bits per heavy atom. The van der Waals surface area contributed by atoms with Crippen LogP contribution >= 0.6 is 11.3 Å². The molecule has 4 rings (SSSR count). The van der Waals surface area contributed by atoms with Gasteiger partial charge >= 0.3 is 0 Å². The van der Waals surface area contributed by atoms with E-state index in [1.807, 2.05) is 35.7 Å². The van der Waals surface area contributed by atoms with Crippen LogP contribution in [0.4, 0.5) is 5.69 Å². The lowest BCUT2D eigenvalue weighted by molar-refractivity contribution is -0.117. The molecule has 0 unspecified atom stereocenters. The molecule has 0 spiro atoms. The first kappa shape index (κ1) is 26.3. The molecule has 0 aliphatic heterocycles. The molecular formula is C29H30N4O3S. The molecule has 0 N–H and O–H groups in total. The number of carbonyl (C=O) groups excluding carboxylic acids is 1. The fourth-order valence-electron chi connectivity index (χ4n) is 4.04. The summed E-state index contributed by atoms with van der Waals surface area (Å²) < 4.78 is 12.1. The lowest BCUT2D eigenvalue weighted by Crippen LogP contribution is -2.25. The van der Waals surface area contributed by atoms with Crippen LogP contribution in [0, 0.1) is 6.57 Å². The van der Waals surface area contributed by atoms with E-state index in [0.717, 1.165) is 42.0 Å². The van der Waals surface area contributed by atoms with Gasteiger partial charge in [0.2, 0.25) is 5.69 Å². The topological polar surface area (TPSA) is 68.9 Å². The van der Waals surface area contributed by atoms with Gasteiger partial charge in [-0.2, -0.15) is 0 Å². The van der Waals surface area contributed by atoms with Gasteiger partial charge in [0.1, 0.15) is 23.0 Å². The smallest absolute Gasteiger partial charge is 0.229 e. The zero-order chi connectivity index (χ0) is 26.0. The van der Waals surface area contributed by atoms with Crippen LogP contribution in [0.1, 0.15) is 30.8 Å². The number of rotatable bonds is 13. The molecule has 2 aromatic carbocycles. The first-order chi connectivity index (χ1) is 18.1. The third-order valence-corrected chi connectivity index (χ3v) is 6.84. The highest BCUT2D eigenvalue weighted by atomic mass is 32.1. The Bertz CT molecular complexity index is 1360. The largest absolute Gasteiger partial charge is 0.504 e. The summed E-state index contributed by atoms with van der Waals surface area (Å²) in [6.07, 6.45) is 4.99. The van der Waals surface area contributed by atoms with Gasteiger partial charge in [0.25, 0.3) is 0 Å². The van der Waals surface area contributed by atoms with Crippen molar-refractivity contribution in [1.29, 1.82) is 0 Å². The lowest BCUT2D eigenvalue weighted by Gasteiger charge is -2.18. The monoisotopic (exact) mass is 514 g/mol. The Balaban J connectivity index is 1.43. The van der Waals surface area contributed by atoms with Crippen LogP contribution in [0.5, 0.6) is 17.2 Å². The Hall–Kier alpha value is -3.80. The summed E-state index contributed by atoms with van der Waals surface area (Å²) in [6.45, 7) is 15.5. The maximum atomic E-state index is 12.3. The van der Waals surface area contributed by atoms with E-state index in [-0.39, 0.29) is 5.78 Å². The van der Waals surface area contributed by atoms with Crippen molar-refractivity contribution >= 4 is 33.7 Å². The molecule has 0 radical (unpaired) electrons. The second-order valence-corrected chi connectivity index (χ2v) is 9.53. The highest BCUT2D eigenvalue weighted by Crippen LogP contribution is 2.37. The quantitative estimate of drug-likeness (QED) is 0.150. The Labute approximate surface area is 221 Å². The summed E-state index contributed by atoms with van der Waals surface area (Å²) in [5.41, 5.74) is 2.06. The van der Waals surface area contributed by atoms with Crippen LogP contribution in [0.15, 0.2) is 60.2 Å². The van der Waals surface area contributed by atoms with E-state index < -0.39 is 0 Å². The number of ketones is 1. The Morgan fingerprint density at radius 1 is 1.03 bits per heavy atom. The van der Waals surface area contributed by atoms with E-state index in [9.17, 15) is 4.79 Å². The van der Waals surface area contributed by atoms with E-state index in [2.05, 4.69) is 33.6 Å². The second kappa shape index (κ2) is 12.9. The van der Waals surface area contributed by atoms with Crippen LogP contribution in [0.25, 0.3) is 15.7 Å². The predicted molar refractivity (Wildman–Crippen MR) is 147 cm³/mol. The van der Waals surface area contributed by atoms with E-state index in [1.54, 1.807) is 24.5 Å². The highest BCUT2D eigenvalue weighted by Gasteiger charge is 2.13. The van der Waals surface area contributed by atoms with Crippen LogP contribution in [0.2, 0.25) is 0 Å². The predicted octanol–water partition coefficient (Wildman–Crippen LogP) is 6.50. The molecule has 0 saturated heterocycles. The summed E-state index contributed by atoms with van der Waals surface area (Å²) >= 11 is 1.49. The van der Waals surface area contributed by atoms with Crippen molar-refractivity contribution in [3.8, 4) is 17.2 Å². The fourth-order valence-corrected chi connectivity index (χ4v) is 4.69. The molecule has 0 amide bonds. The molecule has 4 aromatic rings. The SMILES string of the molecule is [C-]#[N+]c1cc2c(Oc3ccc(CC(=O)Cc4nccs4)cc3)ccnc2cc1OCCCN(CC)CC. The van der Waals surface area contributed by atoms with E-state index in [0.29, 0.717) is 47.9 Å². The van der Waals surface area contributed by atoms with E-state index in [4.69, 9.17) is 16.0 Å². The van der Waals surface area contributed by atoms with Gasteiger partial charge in [0.15, 0.2) is 0 Å². The van der Waals surface area contributed by atoms with Gasteiger partial charge in [-0.1, -0.05) is 26.0 Å². The van der Waals surface area contributed by atoms with Gasteiger partial charge in [-0.3, -0.25) is 9.78 Å². The Kier molecular flexibility index (Phi) is 9.19. The minimum Gasteiger partial charge on any atom is -0.504 e. The van der Waals surface area contributed by atoms with Gasteiger partial charge in [0.05, 0.1) is 30.1 Å². The molecule has 2 heterocycles. The van der Waals surface area contributed by atoms with Gasteiger partial charge in [-0.15, -0.1) is 11.3 Å². The minimum atomic E-state index is 0.126. The van der Waals surface area contributed by atoms with Crippen molar-refractivity contribution < 1.29 is 14.3 Å². The molecule has 0 aliphatic rings. The molecule has 2 aromatic heterocycles. The molecule has 0 aliphatic carbocycles. The summed E-state index contributed by atoms with van der Waals surface area (Å²) in [5.74, 6) is 1.92. The molecule has 0 saturated carbocycles. The molecule has 0 fully saturated rings. The number of benzene rings is 2. The van der Waals surface area contributed by atoms with E-state index in [1.165, 1.54) is 11.3 Å². The molecule has 0 bridgehead atoms. The standard InChI is InChI=1S/C29H30N4O3S/c1-4-33(5-2)14-6-15-35-28-20-25-24(19-26(28)30-3)27(11-12-31-25)36-23-9-7-21(8-10-23)17-22(34)18-29-32-13-16-37-29/h7-13,16,19-20H,4-6,14-15,17-18H2,1-2H3. The number of ether oxygens (including phenoxy) is 2. The molecule has 7 nitrogen and oxygen atoms in total. The third kappa shape index (κ3) is 7.13. The van der Waals surface area contributed by atoms with Gasteiger partial charge in [-0.25, -0.2) is 9.83 Å². The van der Waals surface area contributed by atoms with Crippen LogP contribution < -0.4 is 9.47 Å². The number of fused-ring (bicyclic) bond motifs is 1. The number of thiazole rings is 1. The summed E-state index contributed by atoms with van der Waals surface area (Å²) in [5, 5.41) is 3.45. The van der Waals surface area contributed by atoms with Gasteiger partial charge in [-0.05, 0) is 55.4 Å². The minimum absolute atomic E-state index is 0.126. The van der Waals surface area contributed by atoms with Crippen molar-refractivity contribution in [2.75, 3.05) is 26.2 Å². The van der Waals surface area contributed by atoms with Gasteiger partial charge in [0, 0.05) is 36.1 Å². The molecule has 0 atom stereocenters. The average Bonchev–Trinajstić information content (AvgIpc) is 3.42. The van der Waals surface area contributed by atoms with Crippen LogP contribution in [-0.4, -0.2) is 46.9 Å². The number of Topliss-reactive ketones (excluding diaryl/α,β-unsaturated/α-hetero) is 1. The number of nitrogens with zero attached hydrogens (tertiary/aromatic N) is 4. The molecule has 8 heteroatoms. The van der Waals surface area contributed by atoms with Crippen molar-refractivity contribution in [3.63, 3.8) is 0 Å². The highest BCUT2D eigenvalue weighted by molar-refractivity contribution is 7.09. The summed E-state index contributed by atoms with van der Waals surface area (Å²) in [7, 11) is 0. The maximum Gasteiger partial charge on any atom is 0.229 e. The summed E-state index contributed by atoms with van der Waals surface area (Å²) in [4.78, 5) is 27.0. The number of pyridine rings is 1. The summed E-state index contributed by atoms with van der Waals surface area (Å²) in [6, 6.07) is 12.9. The van der Waals surface area contributed by atoms with E-state index >= 15 is 0 Å². The number of aromatic nitrogens is 2. The molecule has 37 heavy (non-hydrogen) atoms. The first-order valence-corrected chi connectivity index (χ1v) is 13.3. The fraction of sp³-hybridized carbons (Fsp3) is 0.310. The number of hydrogen-bond acceptors (Lipinski definition) is 7.